The van der Waals surface area contributed by atoms with Crippen LogP contribution in [-0.4, -0.2) is 12.0 Å². The van der Waals surface area contributed by atoms with Gasteiger partial charge in [0, 0.05) is 19.7 Å². The normalized spacial score (nSPS) is 10.7. The van der Waals surface area contributed by atoms with Crippen molar-refractivity contribution in [1.29, 1.82) is 0 Å². The van der Waals surface area contributed by atoms with Crippen LogP contribution in [-0.2, 0) is 6.54 Å². The lowest BCUT2D eigenvalue weighted by Crippen LogP contribution is -2.19. The SMILES string of the molecule is CN(Cc1csc(Br)c1)c1nc(N)c(F)cc1F. The van der Waals surface area contributed by atoms with E-state index in [1.807, 2.05) is 11.4 Å². The highest BCUT2D eigenvalue weighted by Gasteiger charge is 2.14. The van der Waals surface area contributed by atoms with Gasteiger partial charge in [-0.05, 0) is 32.9 Å². The van der Waals surface area contributed by atoms with Crippen molar-refractivity contribution in [2.75, 3.05) is 17.7 Å². The highest BCUT2D eigenvalue weighted by atomic mass is 79.9. The topological polar surface area (TPSA) is 42.2 Å². The van der Waals surface area contributed by atoms with E-state index in [2.05, 4.69) is 20.9 Å². The second kappa shape index (κ2) is 5.19. The zero-order valence-electron chi connectivity index (χ0n) is 9.45. The van der Waals surface area contributed by atoms with Crippen LogP contribution in [0.2, 0.25) is 0 Å². The Kier molecular flexibility index (Phi) is 3.82. The number of nitrogens with zero attached hydrogens (tertiary/aromatic N) is 2. The Morgan fingerprint density at radius 2 is 2.11 bits per heavy atom. The molecule has 0 spiro atoms. The Balaban J connectivity index is 2.23. The molecule has 18 heavy (non-hydrogen) atoms. The Morgan fingerprint density at radius 3 is 2.72 bits per heavy atom. The molecule has 96 valence electrons. The summed E-state index contributed by atoms with van der Waals surface area (Å²) in [7, 11) is 1.67. The van der Waals surface area contributed by atoms with Crippen molar-refractivity contribution in [3.63, 3.8) is 0 Å². The molecule has 7 heteroatoms. The number of hydrogen-bond acceptors (Lipinski definition) is 4. The van der Waals surface area contributed by atoms with Crippen molar-refractivity contribution >= 4 is 38.9 Å². The molecule has 0 aliphatic heterocycles. The van der Waals surface area contributed by atoms with Crippen molar-refractivity contribution in [3.8, 4) is 0 Å². The minimum absolute atomic E-state index is 0.0382. The molecule has 0 aliphatic rings. The first-order valence-electron chi connectivity index (χ1n) is 5.03. The molecule has 0 aromatic carbocycles. The molecule has 0 fully saturated rings. The van der Waals surface area contributed by atoms with Crippen LogP contribution >= 0.6 is 27.3 Å². The van der Waals surface area contributed by atoms with Gasteiger partial charge in [-0.2, -0.15) is 0 Å². The first kappa shape index (κ1) is 13.2. The van der Waals surface area contributed by atoms with Crippen molar-refractivity contribution < 1.29 is 8.78 Å². The monoisotopic (exact) mass is 333 g/mol. The summed E-state index contributed by atoms with van der Waals surface area (Å²) in [5.74, 6) is -1.83. The molecule has 0 saturated carbocycles. The molecule has 0 aliphatic carbocycles. The lowest BCUT2D eigenvalue weighted by Gasteiger charge is -2.18. The van der Waals surface area contributed by atoms with Crippen LogP contribution in [0.15, 0.2) is 21.3 Å². The lowest BCUT2D eigenvalue weighted by atomic mass is 10.3. The van der Waals surface area contributed by atoms with Gasteiger partial charge in [-0.1, -0.05) is 0 Å². The standard InChI is InChI=1S/C11H10BrF2N3S/c1-17(4-6-2-9(12)18-5-6)11-8(14)3-7(13)10(15)16-11/h2-3,5H,4H2,1H3,(H2,15,16). The van der Waals surface area contributed by atoms with Gasteiger partial charge in [0.15, 0.2) is 23.3 Å². The third-order valence-corrected chi connectivity index (χ3v) is 3.89. The van der Waals surface area contributed by atoms with E-state index in [9.17, 15) is 8.78 Å². The molecule has 0 bridgehead atoms. The van der Waals surface area contributed by atoms with E-state index >= 15 is 0 Å². The lowest BCUT2D eigenvalue weighted by molar-refractivity contribution is 0.574. The van der Waals surface area contributed by atoms with E-state index in [-0.39, 0.29) is 11.6 Å². The predicted octanol–water partition coefficient (Wildman–Crippen LogP) is 3.40. The molecule has 0 saturated heterocycles. The summed E-state index contributed by atoms with van der Waals surface area (Å²) in [4.78, 5) is 5.30. The van der Waals surface area contributed by atoms with E-state index in [1.165, 1.54) is 0 Å². The van der Waals surface area contributed by atoms with Crippen LogP contribution in [0.3, 0.4) is 0 Å². The largest absolute Gasteiger partial charge is 0.381 e. The van der Waals surface area contributed by atoms with Crippen LogP contribution in [0.1, 0.15) is 5.56 Å². The van der Waals surface area contributed by atoms with Gasteiger partial charge in [-0.3, -0.25) is 0 Å². The van der Waals surface area contributed by atoms with Crippen molar-refractivity contribution in [2.45, 2.75) is 6.54 Å². The third kappa shape index (κ3) is 2.78. The van der Waals surface area contributed by atoms with Gasteiger partial charge in [-0.25, -0.2) is 13.8 Å². The van der Waals surface area contributed by atoms with Gasteiger partial charge >= 0.3 is 0 Å². The van der Waals surface area contributed by atoms with E-state index in [0.717, 1.165) is 15.4 Å². The smallest absolute Gasteiger partial charge is 0.168 e. The van der Waals surface area contributed by atoms with E-state index in [0.29, 0.717) is 6.54 Å². The maximum atomic E-state index is 13.6. The molecule has 2 aromatic heterocycles. The molecular formula is C11H10BrF2N3S. The first-order chi connectivity index (χ1) is 8.47. The molecule has 0 atom stereocenters. The highest BCUT2D eigenvalue weighted by molar-refractivity contribution is 9.11. The Bertz CT molecular complexity index is 573. The third-order valence-electron chi connectivity index (χ3n) is 2.34. The molecule has 2 aromatic rings. The minimum atomic E-state index is -0.845. The molecule has 0 unspecified atom stereocenters. The number of thiophene rings is 1. The summed E-state index contributed by atoms with van der Waals surface area (Å²) < 4.78 is 27.6. The maximum Gasteiger partial charge on any atom is 0.168 e. The Morgan fingerprint density at radius 1 is 1.39 bits per heavy atom. The average Bonchev–Trinajstić information content (AvgIpc) is 2.69. The number of anilines is 2. The number of aromatic nitrogens is 1. The fraction of sp³-hybridized carbons (Fsp3) is 0.182. The Labute approximate surface area is 115 Å². The van der Waals surface area contributed by atoms with Crippen LogP contribution in [0, 0.1) is 11.6 Å². The second-order valence-corrected chi connectivity index (χ2v) is 6.07. The fourth-order valence-electron chi connectivity index (χ4n) is 1.52. The average molecular weight is 334 g/mol. The Hall–Kier alpha value is -1.21. The quantitative estimate of drug-likeness (QED) is 0.935. The van der Waals surface area contributed by atoms with E-state index in [1.54, 1.807) is 23.3 Å². The fourth-order valence-corrected chi connectivity index (χ4v) is 2.72. The van der Waals surface area contributed by atoms with Gasteiger partial charge in [0.2, 0.25) is 0 Å². The number of nitrogen functional groups attached to an aromatic ring is 1. The maximum absolute atomic E-state index is 13.6. The number of rotatable bonds is 3. The molecule has 0 amide bonds. The summed E-state index contributed by atoms with van der Waals surface area (Å²) in [6, 6.07) is 2.68. The van der Waals surface area contributed by atoms with Gasteiger partial charge in [0.05, 0.1) is 3.79 Å². The molecule has 3 nitrogen and oxygen atoms in total. The summed E-state index contributed by atoms with van der Waals surface area (Å²) >= 11 is 4.90. The first-order valence-corrected chi connectivity index (χ1v) is 6.70. The van der Waals surface area contributed by atoms with Crippen LogP contribution < -0.4 is 10.6 Å². The number of pyridine rings is 1. The molecule has 2 rings (SSSR count). The highest BCUT2D eigenvalue weighted by Crippen LogP contribution is 2.25. The summed E-state index contributed by atoms with van der Waals surface area (Å²) in [5, 5.41) is 1.95. The molecule has 2 heterocycles. The molecule has 2 N–H and O–H groups in total. The van der Waals surface area contributed by atoms with Crippen LogP contribution in [0.25, 0.3) is 0 Å². The van der Waals surface area contributed by atoms with E-state index < -0.39 is 11.6 Å². The summed E-state index contributed by atoms with van der Waals surface area (Å²) in [6.07, 6.45) is 0. The van der Waals surface area contributed by atoms with Gasteiger partial charge < -0.3 is 10.6 Å². The molecular weight excluding hydrogens is 324 g/mol. The molecule has 0 radical (unpaired) electrons. The van der Waals surface area contributed by atoms with Crippen LogP contribution in [0.4, 0.5) is 20.4 Å². The predicted molar refractivity (Wildman–Crippen MR) is 72.7 cm³/mol. The number of nitrogens with two attached hydrogens (primary N) is 1. The number of halogens is 3. The van der Waals surface area contributed by atoms with Crippen molar-refractivity contribution in [2.24, 2.45) is 0 Å². The van der Waals surface area contributed by atoms with Gasteiger partial charge in [0.1, 0.15) is 0 Å². The zero-order chi connectivity index (χ0) is 13.3. The summed E-state index contributed by atoms with van der Waals surface area (Å²) in [5.41, 5.74) is 6.35. The van der Waals surface area contributed by atoms with Gasteiger partial charge in [-0.15, -0.1) is 11.3 Å². The van der Waals surface area contributed by atoms with E-state index in [4.69, 9.17) is 5.73 Å². The van der Waals surface area contributed by atoms with Crippen molar-refractivity contribution in [3.05, 3.63) is 38.5 Å². The van der Waals surface area contributed by atoms with Gasteiger partial charge in [0.25, 0.3) is 0 Å². The second-order valence-electron chi connectivity index (χ2n) is 3.78. The zero-order valence-corrected chi connectivity index (χ0v) is 11.9. The summed E-state index contributed by atoms with van der Waals surface area (Å²) in [6.45, 7) is 0.469. The minimum Gasteiger partial charge on any atom is -0.381 e. The van der Waals surface area contributed by atoms with Crippen LogP contribution in [0.5, 0.6) is 0 Å². The van der Waals surface area contributed by atoms with Crippen molar-refractivity contribution in [1.82, 2.24) is 4.98 Å². The number of hydrogen-bond donors (Lipinski definition) is 1.